The van der Waals surface area contributed by atoms with Gasteiger partial charge in [-0.1, -0.05) is 60.1 Å². The van der Waals surface area contributed by atoms with E-state index in [0.717, 1.165) is 50.5 Å². The molecule has 0 aromatic carbocycles. The number of aromatic nitrogens is 2. The Labute approximate surface area is 249 Å². The lowest BCUT2D eigenvalue weighted by atomic mass is 9.34. The van der Waals surface area contributed by atoms with Gasteiger partial charge in [0.1, 0.15) is 12.4 Å². The third-order valence-corrected chi connectivity index (χ3v) is 13.2. The molecule has 1 aromatic heterocycles. The van der Waals surface area contributed by atoms with Crippen LogP contribution in [0.15, 0.2) is 42.0 Å². The van der Waals surface area contributed by atoms with E-state index in [4.69, 9.17) is 4.74 Å². The van der Waals surface area contributed by atoms with Gasteiger partial charge in [-0.05, 0) is 79.1 Å². The molecule has 0 saturated heterocycles. The van der Waals surface area contributed by atoms with Crippen LogP contribution in [0, 0.1) is 61.6 Å². The van der Waals surface area contributed by atoms with Crippen molar-refractivity contribution < 1.29 is 19.1 Å². The number of carbonyl (C=O) groups excluding carboxylic acids is 3. The molecule has 6 rings (SSSR count). The molecular weight excluding hydrogens is 526 g/mol. The summed E-state index contributed by atoms with van der Waals surface area (Å²) >= 11 is 0. The number of carbonyl (C=O) groups is 3. The fourth-order valence-corrected chi connectivity index (χ4v) is 10.6. The summed E-state index contributed by atoms with van der Waals surface area (Å²) < 4.78 is 7.33. The van der Waals surface area contributed by atoms with E-state index in [2.05, 4.69) is 45.7 Å². The molecule has 7 unspecified atom stereocenters. The number of hydrogen-bond donors (Lipinski definition) is 0. The van der Waals surface area contributed by atoms with E-state index in [1.165, 1.54) is 10.9 Å². The van der Waals surface area contributed by atoms with Gasteiger partial charge in [0.2, 0.25) is 0 Å². The van der Waals surface area contributed by atoms with Crippen LogP contribution in [0.1, 0.15) is 93.4 Å². The Kier molecular flexibility index (Phi) is 6.23. The first-order valence-electron chi connectivity index (χ1n) is 15.6. The molecule has 0 aliphatic heterocycles. The van der Waals surface area contributed by atoms with E-state index in [1.807, 2.05) is 26.0 Å². The minimum Gasteiger partial charge on any atom is -0.448 e. The highest BCUT2D eigenvalue weighted by Crippen LogP contribution is 2.74. The number of allylic oxidation sites excluding steroid dienone is 4. The fourth-order valence-electron chi connectivity index (χ4n) is 10.6. The van der Waals surface area contributed by atoms with Crippen LogP contribution in [0.25, 0.3) is 0 Å². The number of Topliss-reactive ketones (excluding diaryl/α,β-unsaturated/α-hetero) is 1. The second-order valence-corrected chi connectivity index (χ2v) is 16.1. The Hall–Kier alpha value is -3.01. The normalized spacial score (nSPS) is 41.6. The van der Waals surface area contributed by atoms with Crippen LogP contribution in [0.4, 0.5) is 4.79 Å². The number of rotatable bonds is 2. The summed E-state index contributed by atoms with van der Waals surface area (Å²) in [6.07, 6.45) is 14.5. The third-order valence-electron chi connectivity index (χ3n) is 13.2. The highest BCUT2D eigenvalue weighted by molar-refractivity contribution is 6.04. The predicted octanol–water partition coefficient (Wildman–Crippen LogP) is 7.09. The van der Waals surface area contributed by atoms with E-state index in [9.17, 15) is 19.6 Å². The maximum Gasteiger partial charge on any atom is 0.419 e. The van der Waals surface area contributed by atoms with Crippen LogP contribution in [0.5, 0.6) is 0 Å². The number of hydrogen-bond acceptors (Lipinski definition) is 6. The molecule has 1 heterocycles. The lowest BCUT2D eigenvalue weighted by molar-refractivity contribution is -0.177. The van der Waals surface area contributed by atoms with Crippen molar-refractivity contribution in [3.8, 4) is 6.07 Å². The van der Waals surface area contributed by atoms with E-state index in [-0.39, 0.29) is 56.6 Å². The molecule has 0 N–H and O–H groups in total. The Morgan fingerprint density at radius 2 is 1.79 bits per heavy atom. The summed E-state index contributed by atoms with van der Waals surface area (Å²) in [6, 6.07) is 2.19. The van der Waals surface area contributed by atoms with Crippen molar-refractivity contribution >= 4 is 17.7 Å². The molecule has 5 aliphatic carbocycles. The number of ether oxygens (including phenoxy) is 1. The van der Waals surface area contributed by atoms with Crippen molar-refractivity contribution in [1.29, 1.82) is 5.26 Å². The first-order valence-corrected chi connectivity index (χ1v) is 15.6. The zero-order chi connectivity index (χ0) is 30.5. The van der Waals surface area contributed by atoms with Crippen molar-refractivity contribution in [3.63, 3.8) is 0 Å². The molecule has 0 bridgehead atoms. The smallest absolute Gasteiger partial charge is 0.419 e. The summed E-state index contributed by atoms with van der Waals surface area (Å²) in [6.45, 7) is 15.7. The van der Waals surface area contributed by atoms with Gasteiger partial charge in [-0.3, -0.25) is 9.59 Å². The second-order valence-electron chi connectivity index (χ2n) is 16.1. The average molecular weight is 572 g/mol. The SMILES string of the molecule is CC1(C)CCC2(COC(=O)n3ccnc3)CCC3(C)C(C(=O)C=C4C5(C)C=C(C#N)C(=O)C(C)(C)C5CCC43C)C2C1. The average Bonchev–Trinajstić information content (AvgIpc) is 3.46. The zero-order valence-electron chi connectivity index (χ0n) is 26.3. The van der Waals surface area contributed by atoms with Gasteiger partial charge < -0.3 is 4.74 Å². The van der Waals surface area contributed by atoms with Crippen LogP contribution in [-0.4, -0.2) is 33.8 Å². The van der Waals surface area contributed by atoms with E-state index >= 15 is 0 Å². The number of imidazole rings is 1. The van der Waals surface area contributed by atoms with Crippen LogP contribution in [0.3, 0.4) is 0 Å². The van der Waals surface area contributed by atoms with Crippen molar-refractivity contribution in [2.75, 3.05) is 6.61 Å². The Morgan fingerprint density at radius 1 is 1.07 bits per heavy atom. The van der Waals surface area contributed by atoms with Crippen LogP contribution >= 0.6 is 0 Å². The highest BCUT2D eigenvalue weighted by atomic mass is 16.5. The van der Waals surface area contributed by atoms with Crippen molar-refractivity contribution in [2.45, 2.75) is 93.4 Å². The fraction of sp³-hybridized carbons (Fsp3) is 0.686. The van der Waals surface area contributed by atoms with E-state index < -0.39 is 16.9 Å². The van der Waals surface area contributed by atoms with Gasteiger partial charge >= 0.3 is 6.09 Å². The van der Waals surface area contributed by atoms with Crippen molar-refractivity contribution in [3.05, 3.63) is 42.0 Å². The monoisotopic (exact) mass is 571 g/mol. The summed E-state index contributed by atoms with van der Waals surface area (Å²) in [5.41, 5.74) is -0.589. The Bertz CT molecular complexity index is 1460. The first-order chi connectivity index (χ1) is 19.5. The lowest BCUT2D eigenvalue weighted by Crippen LogP contribution is -2.65. The molecule has 7 nitrogen and oxygen atoms in total. The largest absolute Gasteiger partial charge is 0.448 e. The summed E-state index contributed by atoms with van der Waals surface area (Å²) in [7, 11) is 0. The molecule has 0 amide bonds. The molecule has 3 fully saturated rings. The minimum atomic E-state index is -0.675. The van der Waals surface area contributed by atoms with Crippen molar-refractivity contribution in [1.82, 2.24) is 9.55 Å². The van der Waals surface area contributed by atoms with Gasteiger partial charge in [0.15, 0.2) is 11.6 Å². The second kappa shape index (κ2) is 9.00. The highest BCUT2D eigenvalue weighted by Gasteiger charge is 2.70. The number of nitrogens with zero attached hydrogens (tertiary/aromatic N) is 3. The van der Waals surface area contributed by atoms with Crippen molar-refractivity contribution in [2.24, 2.45) is 50.2 Å². The molecule has 3 saturated carbocycles. The van der Waals surface area contributed by atoms with Crippen LogP contribution in [0.2, 0.25) is 0 Å². The van der Waals surface area contributed by atoms with Gasteiger partial charge in [0.05, 0.1) is 12.2 Å². The number of fused-ring (bicyclic) bond motifs is 7. The predicted molar refractivity (Wildman–Crippen MR) is 158 cm³/mol. The first kappa shape index (κ1) is 29.1. The third kappa shape index (κ3) is 3.75. The molecule has 7 heteroatoms. The molecule has 5 aliphatic rings. The Morgan fingerprint density at radius 3 is 2.45 bits per heavy atom. The van der Waals surface area contributed by atoms with Gasteiger partial charge in [-0.15, -0.1) is 0 Å². The van der Waals surface area contributed by atoms with Crippen LogP contribution in [-0.2, 0) is 14.3 Å². The maximum absolute atomic E-state index is 14.6. The zero-order valence-corrected chi connectivity index (χ0v) is 26.3. The standard InChI is InChI=1S/C35H45N3O4/c1-30(2)10-12-35(20-42-29(41)38-15-14-37-21-38)13-11-34(7)27(23(35)18-30)24(39)16-26-32(5)17-22(19-36)28(40)31(3,4)25(32)8-9-33(26,34)6/h14-17,21,23,25,27H,8-13,18,20H2,1-7H3. The topological polar surface area (TPSA) is 102 Å². The molecule has 42 heavy (non-hydrogen) atoms. The molecule has 7 atom stereocenters. The number of nitriles is 1. The van der Waals surface area contributed by atoms with Crippen LogP contribution < -0.4 is 0 Å². The van der Waals surface area contributed by atoms with Gasteiger partial charge in [-0.2, -0.15) is 5.26 Å². The quantitative estimate of drug-likeness (QED) is 0.376. The van der Waals surface area contributed by atoms with Gasteiger partial charge in [0.25, 0.3) is 0 Å². The minimum absolute atomic E-state index is 0.0285. The summed E-state index contributed by atoms with van der Waals surface area (Å²) in [5, 5.41) is 9.94. The Balaban J connectivity index is 1.44. The summed E-state index contributed by atoms with van der Waals surface area (Å²) in [4.78, 5) is 44.7. The van der Waals surface area contributed by atoms with Gasteiger partial charge in [0, 0.05) is 34.6 Å². The molecule has 1 aromatic rings. The summed E-state index contributed by atoms with van der Waals surface area (Å²) in [5.74, 6) is 0.0316. The maximum atomic E-state index is 14.6. The molecule has 0 radical (unpaired) electrons. The van der Waals surface area contributed by atoms with E-state index in [1.54, 1.807) is 12.4 Å². The number of ketones is 2. The van der Waals surface area contributed by atoms with E-state index in [0.29, 0.717) is 6.61 Å². The molecule has 224 valence electrons. The lowest BCUT2D eigenvalue weighted by Gasteiger charge is -2.69. The molecule has 0 spiro atoms. The molecular formula is C35H45N3O4. The van der Waals surface area contributed by atoms with Gasteiger partial charge in [-0.25, -0.2) is 14.3 Å².